The summed E-state index contributed by atoms with van der Waals surface area (Å²) in [6.07, 6.45) is 0. The normalized spacial score (nSPS) is 11.5. The maximum Gasteiger partial charge on any atom is 0.0541 e. The van der Waals surface area contributed by atoms with Gasteiger partial charge in [0, 0.05) is 25.4 Å². The molecule has 0 radical (unpaired) electrons. The summed E-state index contributed by atoms with van der Waals surface area (Å²) in [7, 11) is 0. The van der Waals surface area contributed by atoms with Gasteiger partial charge >= 0.3 is 0 Å². The van der Waals surface area contributed by atoms with Gasteiger partial charge in [-0.05, 0) is 70.4 Å². The van der Waals surface area contributed by atoms with Crippen LogP contribution in [0.4, 0.5) is 0 Å². The lowest BCUT2D eigenvalue weighted by molar-refractivity contribution is 1.19. The second-order valence-electron chi connectivity index (χ2n) is 7.77. The van der Waals surface area contributed by atoms with Crippen LogP contribution in [0.25, 0.3) is 49.4 Å². The van der Waals surface area contributed by atoms with Crippen molar-refractivity contribution in [2.45, 2.75) is 0 Å². The maximum atomic E-state index is 3.62. The zero-order chi connectivity index (χ0) is 20.9. The quantitative estimate of drug-likeness (QED) is 0.212. The topological polar surface area (TPSA) is 4.93 Å². The Morgan fingerprint density at radius 3 is 2.03 bits per heavy atom. The van der Waals surface area contributed by atoms with E-state index < -0.39 is 0 Å². The molecule has 1 aromatic heterocycles. The van der Waals surface area contributed by atoms with Gasteiger partial charge in [0.2, 0.25) is 0 Å². The first-order chi connectivity index (χ1) is 15.2. The van der Waals surface area contributed by atoms with Crippen molar-refractivity contribution in [1.29, 1.82) is 0 Å². The molecule has 31 heavy (non-hydrogen) atoms. The Balaban J connectivity index is 1.64. The molecule has 0 saturated heterocycles. The number of rotatable bonds is 2. The summed E-state index contributed by atoms with van der Waals surface area (Å²) >= 11 is 7.24. The van der Waals surface area contributed by atoms with Gasteiger partial charge in [0.15, 0.2) is 0 Å². The number of halogens is 2. The van der Waals surface area contributed by atoms with Crippen LogP contribution in [0.1, 0.15) is 0 Å². The van der Waals surface area contributed by atoms with E-state index in [2.05, 4.69) is 140 Å². The van der Waals surface area contributed by atoms with Crippen LogP contribution >= 0.6 is 31.9 Å². The van der Waals surface area contributed by atoms with Crippen molar-refractivity contribution >= 4 is 64.4 Å². The van der Waals surface area contributed by atoms with Gasteiger partial charge in [0.1, 0.15) is 0 Å². The van der Waals surface area contributed by atoms with Crippen LogP contribution in [0.15, 0.2) is 112 Å². The summed E-state index contributed by atoms with van der Waals surface area (Å²) in [5.74, 6) is 0. The van der Waals surface area contributed by atoms with Crippen LogP contribution in [-0.4, -0.2) is 4.57 Å². The van der Waals surface area contributed by atoms with Crippen molar-refractivity contribution in [3.05, 3.63) is 112 Å². The van der Waals surface area contributed by atoms with Crippen molar-refractivity contribution in [2.24, 2.45) is 0 Å². The highest BCUT2D eigenvalue weighted by atomic mass is 79.9. The molecule has 1 nitrogen and oxygen atoms in total. The van der Waals surface area contributed by atoms with E-state index in [0.717, 1.165) is 8.95 Å². The smallest absolute Gasteiger partial charge is 0.0541 e. The zero-order valence-electron chi connectivity index (χ0n) is 16.5. The molecule has 0 aliphatic carbocycles. The monoisotopic (exact) mass is 525 g/mol. The number of para-hydroxylation sites is 1. The van der Waals surface area contributed by atoms with E-state index in [4.69, 9.17) is 0 Å². The molecule has 6 rings (SSSR count). The van der Waals surface area contributed by atoms with Crippen LogP contribution in [0.5, 0.6) is 0 Å². The van der Waals surface area contributed by atoms with Crippen molar-refractivity contribution in [3.63, 3.8) is 0 Å². The molecular weight excluding hydrogens is 510 g/mol. The Labute approximate surface area is 197 Å². The van der Waals surface area contributed by atoms with Crippen LogP contribution in [0, 0.1) is 0 Å². The average Bonchev–Trinajstić information content (AvgIpc) is 3.12. The first-order valence-corrected chi connectivity index (χ1v) is 11.7. The third-order valence-corrected chi connectivity index (χ3v) is 6.78. The number of aromatic nitrogens is 1. The molecule has 5 aromatic carbocycles. The van der Waals surface area contributed by atoms with E-state index in [1.165, 1.54) is 49.4 Å². The van der Waals surface area contributed by atoms with E-state index in [0.29, 0.717) is 0 Å². The molecule has 1 heterocycles. The Kier molecular flexibility index (Phi) is 4.48. The van der Waals surface area contributed by atoms with Gasteiger partial charge in [0.05, 0.1) is 11.0 Å². The molecule has 0 aliphatic rings. The zero-order valence-corrected chi connectivity index (χ0v) is 19.7. The van der Waals surface area contributed by atoms with Crippen LogP contribution in [0.3, 0.4) is 0 Å². The summed E-state index contributed by atoms with van der Waals surface area (Å²) in [6, 6.07) is 37.0. The van der Waals surface area contributed by atoms with E-state index in [9.17, 15) is 0 Å². The Hall–Kier alpha value is -2.88. The first kappa shape index (κ1) is 18.9. The third kappa shape index (κ3) is 3.20. The minimum Gasteiger partial charge on any atom is -0.309 e. The van der Waals surface area contributed by atoms with Crippen LogP contribution < -0.4 is 0 Å². The van der Waals surface area contributed by atoms with Crippen molar-refractivity contribution < 1.29 is 0 Å². The second-order valence-corrected chi connectivity index (χ2v) is 9.61. The lowest BCUT2D eigenvalue weighted by Gasteiger charge is -2.10. The molecule has 0 fully saturated rings. The fourth-order valence-electron chi connectivity index (χ4n) is 4.47. The second kappa shape index (κ2) is 7.37. The average molecular weight is 527 g/mol. The molecule has 0 unspecified atom stereocenters. The largest absolute Gasteiger partial charge is 0.309 e. The molecular formula is C28H17Br2N. The van der Waals surface area contributed by atoms with Gasteiger partial charge in [-0.15, -0.1) is 0 Å². The van der Waals surface area contributed by atoms with Crippen LogP contribution in [-0.2, 0) is 0 Å². The molecule has 0 saturated carbocycles. The molecule has 148 valence electrons. The SMILES string of the molecule is Brc1cc(Br)cc(-c2ccc3c(c2)c2ccccc2n3-c2ccc3ccccc3c2)c1. The van der Waals surface area contributed by atoms with E-state index in [1.54, 1.807) is 0 Å². The number of nitrogens with zero attached hydrogens (tertiary/aromatic N) is 1. The molecule has 0 bridgehead atoms. The van der Waals surface area contributed by atoms with Gasteiger partial charge in [-0.3, -0.25) is 0 Å². The van der Waals surface area contributed by atoms with Gasteiger partial charge in [-0.2, -0.15) is 0 Å². The van der Waals surface area contributed by atoms with Gasteiger partial charge in [0.25, 0.3) is 0 Å². The molecule has 0 atom stereocenters. The predicted octanol–water partition coefficient (Wildman–Crippen LogP) is 9.13. The highest BCUT2D eigenvalue weighted by molar-refractivity contribution is 9.11. The van der Waals surface area contributed by atoms with Gasteiger partial charge in [-0.25, -0.2) is 0 Å². The minimum absolute atomic E-state index is 1.07. The summed E-state index contributed by atoms with van der Waals surface area (Å²) in [5.41, 5.74) is 6.01. The third-order valence-electron chi connectivity index (χ3n) is 5.86. The van der Waals surface area contributed by atoms with Gasteiger partial charge in [-0.1, -0.05) is 86.5 Å². The highest BCUT2D eigenvalue weighted by Crippen LogP contribution is 2.36. The van der Waals surface area contributed by atoms with E-state index in [1.807, 2.05) is 0 Å². The maximum absolute atomic E-state index is 3.62. The number of hydrogen-bond donors (Lipinski definition) is 0. The summed E-state index contributed by atoms with van der Waals surface area (Å²) in [6.45, 7) is 0. The Morgan fingerprint density at radius 2 is 1.19 bits per heavy atom. The lowest BCUT2D eigenvalue weighted by Crippen LogP contribution is -1.93. The first-order valence-electron chi connectivity index (χ1n) is 10.2. The van der Waals surface area contributed by atoms with Crippen molar-refractivity contribution in [1.82, 2.24) is 4.57 Å². The molecule has 3 heteroatoms. The minimum atomic E-state index is 1.07. The fraction of sp³-hybridized carbons (Fsp3) is 0. The Bertz CT molecular complexity index is 1590. The molecule has 0 amide bonds. The molecule has 0 aliphatic heterocycles. The summed E-state index contributed by atoms with van der Waals surface area (Å²) in [4.78, 5) is 0. The van der Waals surface area contributed by atoms with Gasteiger partial charge < -0.3 is 4.57 Å². The Morgan fingerprint density at radius 1 is 0.484 bits per heavy atom. The molecule has 6 aromatic rings. The molecule has 0 N–H and O–H groups in total. The number of fused-ring (bicyclic) bond motifs is 4. The van der Waals surface area contributed by atoms with E-state index in [-0.39, 0.29) is 0 Å². The molecule has 0 spiro atoms. The fourth-order valence-corrected chi connectivity index (χ4v) is 5.76. The number of benzene rings is 5. The highest BCUT2D eigenvalue weighted by Gasteiger charge is 2.13. The number of hydrogen-bond acceptors (Lipinski definition) is 0. The standard InChI is InChI=1S/C28H17Br2N/c29-22-13-21(14-23(30)17-22)20-10-12-28-26(16-20)25-7-3-4-8-27(25)31(28)24-11-9-18-5-1-2-6-19(18)15-24/h1-17H. The summed E-state index contributed by atoms with van der Waals surface area (Å²) in [5, 5.41) is 5.04. The lowest BCUT2D eigenvalue weighted by atomic mass is 10.0. The van der Waals surface area contributed by atoms with E-state index >= 15 is 0 Å². The summed E-state index contributed by atoms with van der Waals surface area (Å²) < 4.78 is 4.50. The van der Waals surface area contributed by atoms with Crippen molar-refractivity contribution in [3.8, 4) is 16.8 Å². The predicted molar refractivity (Wildman–Crippen MR) is 139 cm³/mol. The van der Waals surface area contributed by atoms with Crippen molar-refractivity contribution in [2.75, 3.05) is 0 Å². The van der Waals surface area contributed by atoms with Crippen LogP contribution in [0.2, 0.25) is 0 Å².